The van der Waals surface area contributed by atoms with E-state index in [2.05, 4.69) is 16.8 Å². The maximum atomic E-state index is 12.2. The van der Waals surface area contributed by atoms with Crippen molar-refractivity contribution >= 4 is 0 Å². The van der Waals surface area contributed by atoms with Crippen LogP contribution in [0, 0.1) is 11.8 Å². The van der Waals surface area contributed by atoms with E-state index in [0.29, 0.717) is 30.7 Å². The minimum atomic E-state index is -0.470. The van der Waals surface area contributed by atoms with Gasteiger partial charge in [0.15, 0.2) is 0 Å². The zero-order valence-corrected chi connectivity index (χ0v) is 14.5. The van der Waals surface area contributed by atoms with E-state index in [4.69, 9.17) is 9.84 Å². The smallest absolute Gasteiger partial charge is 0.330 e. The lowest BCUT2D eigenvalue weighted by molar-refractivity contribution is 0.0822. The molecule has 132 valence electrons. The number of aliphatic hydroxyl groups excluding tert-OH is 1. The molecule has 1 aromatic carbocycles. The van der Waals surface area contributed by atoms with Gasteiger partial charge in [0.05, 0.1) is 0 Å². The molecule has 0 fully saturated rings. The second-order valence-electron chi connectivity index (χ2n) is 5.43. The van der Waals surface area contributed by atoms with Crippen LogP contribution in [-0.2, 0) is 24.3 Å². The molecule has 0 aliphatic rings. The quantitative estimate of drug-likeness (QED) is 0.768. The molecule has 0 bridgehead atoms. The van der Waals surface area contributed by atoms with Crippen LogP contribution in [0.3, 0.4) is 0 Å². The van der Waals surface area contributed by atoms with Gasteiger partial charge in [0.2, 0.25) is 0 Å². The predicted molar refractivity (Wildman–Crippen MR) is 95.5 cm³/mol. The monoisotopic (exact) mass is 342 g/mol. The number of nitrogens with one attached hydrogen (secondary N) is 1. The highest BCUT2D eigenvalue weighted by Gasteiger charge is 2.14. The van der Waals surface area contributed by atoms with E-state index in [1.165, 1.54) is 4.57 Å². The number of aliphatic hydroxyl groups is 1. The summed E-state index contributed by atoms with van der Waals surface area (Å²) >= 11 is 0. The highest BCUT2D eigenvalue weighted by molar-refractivity contribution is 5.39. The fourth-order valence-corrected chi connectivity index (χ4v) is 2.64. The van der Waals surface area contributed by atoms with Gasteiger partial charge in [-0.1, -0.05) is 30.9 Å². The summed E-state index contributed by atoms with van der Waals surface area (Å²) < 4.78 is 6.85. The fourth-order valence-electron chi connectivity index (χ4n) is 2.64. The van der Waals surface area contributed by atoms with Crippen LogP contribution in [0.4, 0.5) is 0 Å². The zero-order valence-electron chi connectivity index (χ0n) is 14.5. The molecule has 2 aromatic rings. The molecule has 0 radical (unpaired) electrons. The van der Waals surface area contributed by atoms with Crippen LogP contribution in [0.15, 0.2) is 33.9 Å². The summed E-state index contributed by atoms with van der Waals surface area (Å²) in [6.07, 6.45) is 0.936. The van der Waals surface area contributed by atoms with Crippen LogP contribution in [0.5, 0.6) is 0 Å². The van der Waals surface area contributed by atoms with Crippen molar-refractivity contribution in [1.29, 1.82) is 0 Å². The van der Waals surface area contributed by atoms with E-state index < -0.39 is 5.69 Å². The van der Waals surface area contributed by atoms with Crippen LogP contribution in [-0.4, -0.2) is 27.9 Å². The Morgan fingerprint density at radius 2 is 2.08 bits per heavy atom. The number of hydrogen-bond acceptors (Lipinski definition) is 4. The minimum absolute atomic E-state index is 0.0957. The van der Waals surface area contributed by atoms with E-state index in [1.807, 2.05) is 38.1 Å². The molecule has 0 saturated carbocycles. The summed E-state index contributed by atoms with van der Waals surface area (Å²) in [5, 5.41) is 8.82. The van der Waals surface area contributed by atoms with Crippen molar-refractivity contribution in [2.24, 2.45) is 0 Å². The van der Waals surface area contributed by atoms with Crippen LogP contribution in [0.25, 0.3) is 0 Å². The molecule has 6 nitrogen and oxygen atoms in total. The SMILES string of the molecule is CCOCn1c(Cc2cccc(C#CCO)c2)c(CC)c(=O)[nH]c1=O. The zero-order chi connectivity index (χ0) is 18.2. The second-order valence-corrected chi connectivity index (χ2v) is 5.43. The average molecular weight is 342 g/mol. The van der Waals surface area contributed by atoms with E-state index in [0.717, 1.165) is 11.1 Å². The molecule has 0 unspecified atom stereocenters. The number of nitrogens with zero attached hydrogens (tertiary/aromatic N) is 1. The number of H-pyrrole nitrogens is 1. The highest BCUT2D eigenvalue weighted by Crippen LogP contribution is 2.13. The molecule has 1 aromatic heterocycles. The number of hydrogen-bond donors (Lipinski definition) is 2. The van der Waals surface area contributed by atoms with Gasteiger partial charge in [0.1, 0.15) is 13.3 Å². The lowest BCUT2D eigenvalue weighted by atomic mass is 10.0. The molecule has 0 spiro atoms. The summed E-state index contributed by atoms with van der Waals surface area (Å²) in [6.45, 7) is 4.09. The van der Waals surface area contributed by atoms with Crippen molar-refractivity contribution in [2.75, 3.05) is 13.2 Å². The van der Waals surface area contributed by atoms with Crippen LogP contribution in [0.2, 0.25) is 0 Å². The van der Waals surface area contributed by atoms with Gasteiger partial charge in [-0.3, -0.25) is 14.3 Å². The Hall–Kier alpha value is -2.62. The first-order chi connectivity index (χ1) is 12.1. The molecule has 0 aliphatic heterocycles. The van der Waals surface area contributed by atoms with Gasteiger partial charge in [-0.25, -0.2) is 4.79 Å². The van der Waals surface area contributed by atoms with Crippen LogP contribution < -0.4 is 11.2 Å². The molecule has 0 amide bonds. The van der Waals surface area contributed by atoms with Gasteiger partial charge in [-0.15, -0.1) is 0 Å². The minimum Gasteiger partial charge on any atom is -0.384 e. The molecule has 2 N–H and O–H groups in total. The van der Waals surface area contributed by atoms with E-state index >= 15 is 0 Å². The van der Waals surface area contributed by atoms with Gasteiger partial charge in [-0.2, -0.15) is 0 Å². The van der Waals surface area contributed by atoms with Crippen molar-refractivity contribution in [3.05, 3.63) is 67.5 Å². The Kier molecular flexibility index (Phi) is 6.75. The van der Waals surface area contributed by atoms with Crippen molar-refractivity contribution in [1.82, 2.24) is 9.55 Å². The van der Waals surface area contributed by atoms with Gasteiger partial charge in [-0.05, 0) is 31.0 Å². The maximum absolute atomic E-state index is 12.2. The van der Waals surface area contributed by atoms with Crippen molar-refractivity contribution in [3.8, 4) is 11.8 Å². The second kappa shape index (κ2) is 9.02. The lowest BCUT2D eigenvalue weighted by Gasteiger charge is -2.15. The Balaban J connectivity index is 2.50. The van der Waals surface area contributed by atoms with Gasteiger partial charge in [0, 0.05) is 29.8 Å². The van der Waals surface area contributed by atoms with Crippen molar-refractivity contribution in [2.45, 2.75) is 33.4 Å². The summed E-state index contributed by atoms with van der Waals surface area (Å²) in [5.74, 6) is 5.47. The van der Waals surface area contributed by atoms with Crippen molar-refractivity contribution < 1.29 is 9.84 Å². The van der Waals surface area contributed by atoms with E-state index in [-0.39, 0.29) is 18.9 Å². The largest absolute Gasteiger partial charge is 0.384 e. The highest BCUT2D eigenvalue weighted by atomic mass is 16.5. The van der Waals surface area contributed by atoms with Crippen molar-refractivity contribution in [3.63, 3.8) is 0 Å². The molecule has 6 heteroatoms. The van der Waals surface area contributed by atoms with Gasteiger partial charge in [0.25, 0.3) is 5.56 Å². The Morgan fingerprint density at radius 3 is 2.76 bits per heavy atom. The number of aromatic amines is 1. The van der Waals surface area contributed by atoms with Gasteiger partial charge < -0.3 is 9.84 Å². The average Bonchev–Trinajstić information content (AvgIpc) is 2.60. The first-order valence-electron chi connectivity index (χ1n) is 8.22. The third-order valence-electron chi connectivity index (χ3n) is 3.80. The molecule has 1 heterocycles. The Bertz CT molecular complexity index is 900. The first kappa shape index (κ1) is 18.7. The summed E-state index contributed by atoms with van der Waals surface area (Å²) in [4.78, 5) is 26.7. The third kappa shape index (κ3) is 4.69. The molecular weight excluding hydrogens is 320 g/mol. The summed E-state index contributed by atoms with van der Waals surface area (Å²) in [6, 6.07) is 7.51. The molecule has 0 saturated heterocycles. The summed E-state index contributed by atoms with van der Waals surface area (Å²) in [7, 11) is 0. The predicted octanol–water partition coefficient (Wildman–Crippen LogP) is 1.03. The maximum Gasteiger partial charge on any atom is 0.330 e. The Labute approximate surface area is 146 Å². The standard InChI is InChI=1S/C19H22N2O4/c1-3-16-17(21(13-25-4-2)19(24)20-18(16)23)12-15-8-5-7-14(11-15)9-6-10-22/h5,7-8,11,22H,3-4,10,12-13H2,1-2H3,(H,20,23,24). The molecule has 0 atom stereocenters. The fraction of sp³-hybridized carbons (Fsp3) is 0.368. The molecule has 25 heavy (non-hydrogen) atoms. The summed E-state index contributed by atoms with van der Waals surface area (Å²) in [5.41, 5.74) is 2.10. The van der Waals surface area contributed by atoms with E-state index in [9.17, 15) is 9.59 Å². The van der Waals surface area contributed by atoms with E-state index in [1.54, 1.807) is 0 Å². The lowest BCUT2D eigenvalue weighted by Crippen LogP contribution is -2.36. The van der Waals surface area contributed by atoms with Crippen LogP contribution >= 0.6 is 0 Å². The number of rotatable bonds is 6. The Morgan fingerprint density at radius 1 is 1.28 bits per heavy atom. The number of aromatic nitrogens is 2. The first-order valence-corrected chi connectivity index (χ1v) is 8.22. The topological polar surface area (TPSA) is 84.3 Å². The number of benzene rings is 1. The van der Waals surface area contributed by atoms with Gasteiger partial charge >= 0.3 is 5.69 Å². The van der Waals surface area contributed by atoms with Crippen LogP contribution in [0.1, 0.15) is 36.2 Å². The molecule has 2 rings (SSSR count). The number of ether oxygens (including phenoxy) is 1. The molecular formula is C19H22N2O4. The molecule has 0 aliphatic carbocycles. The normalized spacial score (nSPS) is 10.4. The third-order valence-corrected chi connectivity index (χ3v) is 3.80.